The van der Waals surface area contributed by atoms with Crippen molar-refractivity contribution in [3.63, 3.8) is 0 Å². The van der Waals surface area contributed by atoms with Gasteiger partial charge >= 0.3 is 0 Å². The van der Waals surface area contributed by atoms with Crippen molar-refractivity contribution in [1.82, 2.24) is 29.6 Å². The van der Waals surface area contributed by atoms with E-state index < -0.39 is 0 Å². The molecule has 146 valence electrons. The maximum Gasteiger partial charge on any atom is 0.222 e. The SMILES string of the molecule is Cc1cc(N2CCCC(c3nnc(CN4CCOCC4)n3C)C2)nc(N)n1. The van der Waals surface area contributed by atoms with Gasteiger partial charge in [-0.05, 0) is 19.8 Å². The van der Waals surface area contributed by atoms with Crippen molar-refractivity contribution >= 4 is 11.8 Å². The van der Waals surface area contributed by atoms with Crippen LogP contribution in [0.25, 0.3) is 0 Å². The second kappa shape index (κ2) is 7.77. The molecule has 2 aromatic rings. The molecule has 2 aromatic heterocycles. The third kappa shape index (κ3) is 4.03. The van der Waals surface area contributed by atoms with E-state index >= 15 is 0 Å². The van der Waals surface area contributed by atoms with E-state index in [-0.39, 0.29) is 0 Å². The van der Waals surface area contributed by atoms with E-state index in [0.29, 0.717) is 11.9 Å². The molecule has 2 aliphatic heterocycles. The Morgan fingerprint density at radius 2 is 2.00 bits per heavy atom. The Labute approximate surface area is 159 Å². The fraction of sp³-hybridized carbons (Fsp3) is 0.667. The van der Waals surface area contributed by atoms with Crippen molar-refractivity contribution in [3.05, 3.63) is 23.4 Å². The quantitative estimate of drug-likeness (QED) is 0.838. The van der Waals surface area contributed by atoms with Gasteiger partial charge < -0.3 is 19.9 Å². The summed E-state index contributed by atoms with van der Waals surface area (Å²) < 4.78 is 7.60. The highest BCUT2D eigenvalue weighted by Crippen LogP contribution is 2.29. The van der Waals surface area contributed by atoms with Gasteiger partial charge in [-0.3, -0.25) is 4.90 Å². The minimum absolute atomic E-state index is 0.332. The normalized spacial score (nSPS) is 21.6. The smallest absolute Gasteiger partial charge is 0.222 e. The number of piperidine rings is 1. The van der Waals surface area contributed by atoms with Crippen molar-refractivity contribution in [2.75, 3.05) is 50.0 Å². The van der Waals surface area contributed by atoms with Gasteiger partial charge in [-0.2, -0.15) is 4.98 Å². The van der Waals surface area contributed by atoms with Crippen LogP contribution in [0.15, 0.2) is 6.07 Å². The Morgan fingerprint density at radius 1 is 1.19 bits per heavy atom. The summed E-state index contributed by atoms with van der Waals surface area (Å²) in [5.41, 5.74) is 6.73. The first-order valence-electron chi connectivity index (χ1n) is 9.64. The summed E-state index contributed by atoms with van der Waals surface area (Å²) >= 11 is 0. The summed E-state index contributed by atoms with van der Waals surface area (Å²) in [5, 5.41) is 9.02. The third-order valence-electron chi connectivity index (χ3n) is 5.44. The van der Waals surface area contributed by atoms with Crippen LogP contribution in [0.4, 0.5) is 11.8 Å². The van der Waals surface area contributed by atoms with Gasteiger partial charge in [-0.25, -0.2) is 4.98 Å². The Bertz CT molecular complexity index is 765. The van der Waals surface area contributed by atoms with Crippen LogP contribution in [0.1, 0.15) is 36.1 Å². The summed E-state index contributed by atoms with van der Waals surface area (Å²) in [5.74, 6) is 3.65. The van der Waals surface area contributed by atoms with E-state index in [1.807, 2.05) is 13.0 Å². The zero-order valence-electron chi connectivity index (χ0n) is 16.1. The van der Waals surface area contributed by atoms with Crippen LogP contribution >= 0.6 is 0 Å². The predicted octanol–water partition coefficient (Wildman–Crippen LogP) is 0.712. The predicted molar refractivity (Wildman–Crippen MR) is 102 cm³/mol. The van der Waals surface area contributed by atoms with Crippen molar-refractivity contribution < 1.29 is 4.74 Å². The summed E-state index contributed by atoms with van der Waals surface area (Å²) in [7, 11) is 2.08. The van der Waals surface area contributed by atoms with E-state index in [4.69, 9.17) is 10.5 Å². The number of hydrogen-bond acceptors (Lipinski definition) is 8. The minimum Gasteiger partial charge on any atom is -0.379 e. The lowest BCUT2D eigenvalue weighted by molar-refractivity contribution is 0.0326. The molecule has 0 aromatic carbocycles. The monoisotopic (exact) mass is 372 g/mol. The average Bonchev–Trinajstić information content (AvgIpc) is 3.02. The molecule has 2 aliphatic rings. The number of hydrogen-bond donors (Lipinski definition) is 1. The van der Waals surface area contributed by atoms with E-state index in [9.17, 15) is 0 Å². The maximum absolute atomic E-state index is 5.84. The molecule has 27 heavy (non-hydrogen) atoms. The van der Waals surface area contributed by atoms with Crippen LogP contribution in [0.2, 0.25) is 0 Å². The summed E-state index contributed by atoms with van der Waals surface area (Å²) in [6, 6.07) is 2.00. The lowest BCUT2D eigenvalue weighted by Crippen LogP contribution is -2.37. The van der Waals surface area contributed by atoms with Gasteiger partial charge in [0.1, 0.15) is 17.5 Å². The molecular weight excluding hydrogens is 344 g/mol. The van der Waals surface area contributed by atoms with Crippen LogP contribution in [-0.4, -0.2) is 69.0 Å². The molecule has 9 heteroatoms. The Morgan fingerprint density at radius 3 is 2.78 bits per heavy atom. The highest BCUT2D eigenvalue weighted by Gasteiger charge is 2.27. The second-order valence-corrected chi connectivity index (χ2v) is 7.43. The number of morpholine rings is 1. The number of rotatable bonds is 4. The number of aryl methyl sites for hydroxylation is 1. The van der Waals surface area contributed by atoms with Crippen LogP contribution in [-0.2, 0) is 18.3 Å². The number of nitrogens with two attached hydrogens (primary N) is 1. The van der Waals surface area contributed by atoms with Crippen molar-refractivity contribution in [3.8, 4) is 0 Å². The molecule has 0 bridgehead atoms. The maximum atomic E-state index is 5.84. The van der Waals surface area contributed by atoms with Gasteiger partial charge in [0.2, 0.25) is 5.95 Å². The van der Waals surface area contributed by atoms with Gasteiger partial charge in [0.25, 0.3) is 0 Å². The third-order valence-corrected chi connectivity index (χ3v) is 5.44. The van der Waals surface area contributed by atoms with Crippen LogP contribution in [0.5, 0.6) is 0 Å². The Hall–Kier alpha value is -2.26. The van der Waals surface area contributed by atoms with Gasteiger partial charge in [-0.15, -0.1) is 10.2 Å². The topological polar surface area (TPSA) is 98.2 Å². The highest BCUT2D eigenvalue weighted by molar-refractivity contribution is 5.44. The van der Waals surface area contributed by atoms with Crippen LogP contribution < -0.4 is 10.6 Å². The molecule has 0 radical (unpaired) electrons. The molecule has 1 atom stereocenters. The fourth-order valence-electron chi connectivity index (χ4n) is 3.96. The number of nitrogens with zero attached hydrogens (tertiary/aromatic N) is 7. The van der Waals surface area contributed by atoms with Gasteiger partial charge in [0, 0.05) is 50.9 Å². The van der Waals surface area contributed by atoms with Crippen molar-refractivity contribution in [2.45, 2.75) is 32.2 Å². The van der Waals surface area contributed by atoms with Crippen LogP contribution in [0.3, 0.4) is 0 Å². The molecule has 0 spiro atoms. The Balaban J connectivity index is 1.48. The minimum atomic E-state index is 0.332. The van der Waals surface area contributed by atoms with E-state index in [1.165, 1.54) is 0 Å². The standard InChI is InChI=1S/C18H28N8O/c1-13-10-15(21-18(19)20-13)26-5-3-4-14(11-26)17-23-22-16(24(17)2)12-25-6-8-27-9-7-25/h10,14H,3-9,11-12H2,1-2H3,(H2,19,20,21). The first-order chi connectivity index (χ1) is 13.1. The summed E-state index contributed by atoms with van der Waals surface area (Å²) in [4.78, 5) is 13.3. The first kappa shape index (κ1) is 18.1. The highest BCUT2D eigenvalue weighted by atomic mass is 16.5. The van der Waals surface area contributed by atoms with Crippen molar-refractivity contribution in [2.24, 2.45) is 7.05 Å². The number of ether oxygens (including phenoxy) is 1. The zero-order valence-corrected chi connectivity index (χ0v) is 16.1. The molecule has 9 nitrogen and oxygen atoms in total. The molecule has 2 N–H and O–H groups in total. The van der Waals surface area contributed by atoms with E-state index in [1.54, 1.807) is 0 Å². The lowest BCUT2D eigenvalue weighted by atomic mass is 9.97. The molecule has 4 heterocycles. The number of nitrogen functional groups attached to an aromatic ring is 1. The molecule has 1 unspecified atom stereocenters. The van der Waals surface area contributed by atoms with E-state index in [0.717, 1.165) is 81.9 Å². The molecule has 0 aliphatic carbocycles. The largest absolute Gasteiger partial charge is 0.379 e. The van der Waals surface area contributed by atoms with Crippen molar-refractivity contribution in [1.29, 1.82) is 0 Å². The fourth-order valence-corrected chi connectivity index (χ4v) is 3.96. The lowest BCUT2D eigenvalue weighted by Gasteiger charge is -2.33. The van der Waals surface area contributed by atoms with Gasteiger partial charge in [0.15, 0.2) is 0 Å². The molecule has 0 saturated carbocycles. The van der Waals surface area contributed by atoms with E-state index in [2.05, 4.69) is 41.6 Å². The summed E-state index contributed by atoms with van der Waals surface area (Å²) in [6.07, 6.45) is 2.21. The molecule has 2 fully saturated rings. The Kier molecular flexibility index (Phi) is 5.22. The first-order valence-corrected chi connectivity index (χ1v) is 9.64. The number of anilines is 2. The van der Waals surface area contributed by atoms with Crippen LogP contribution in [0, 0.1) is 6.92 Å². The second-order valence-electron chi connectivity index (χ2n) is 7.43. The molecule has 2 saturated heterocycles. The molecule has 0 amide bonds. The molecule has 4 rings (SSSR count). The zero-order chi connectivity index (χ0) is 18.8. The molecular formula is C18H28N8O. The van der Waals surface area contributed by atoms with Gasteiger partial charge in [-0.1, -0.05) is 0 Å². The average molecular weight is 372 g/mol. The number of aromatic nitrogens is 5. The van der Waals surface area contributed by atoms with Gasteiger partial charge in [0.05, 0.1) is 19.8 Å². The summed E-state index contributed by atoms with van der Waals surface area (Å²) in [6.45, 7) is 8.12.